The van der Waals surface area contributed by atoms with Crippen molar-refractivity contribution < 1.29 is 0 Å². The molecule has 0 amide bonds. The molecule has 2 unspecified atom stereocenters. The third kappa shape index (κ3) is 2.56. The van der Waals surface area contributed by atoms with Crippen LogP contribution >= 0.6 is 0 Å². The minimum absolute atomic E-state index is 0.650. The molecule has 1 aliphatic heterocycles. The van der Waals surface area contributed by atoms with E-state index in [2.05, 4.69) is 42.3 Å². The lowest BCUT2D eigenvalue weighted by Crippen LogP contribution is -2.47. The molecule has 3 rings (SSSR count). The van der Waals surface area contributed by atoms with Crippen LogP contribution in [0.2, 0.25) is 0 Å². The van der Waals surface area contributed by atoms with Gasteiger partial charge in [-0.15, -0.1) is 0 Å². The van der Waals surface area contributed by atoms with Gasteiger partial charge in [0, 0.05) is 32.2 Å². The van der Waals surface area contributed by atoms with E-state index < -0.39 is 0 Å². The van der Waals surface area contributed by atoms with E-state index in [1.807, 2.05) is 0 Å². The van der Waals surface area contributed by atoms with Crippen LogP contribution in [0.15, 0.2) is 18.2 Å². The van der Waals surface area contributed by atoms with Crippen LogP contribution in [0.1, 0.15) is 43.0 Å². The van der Waals surface area contributed by atoms with Gasteiger partial charge >= 0.3 is 0 Å². The van der Waals surface area contributed by atoms with Gasteiger partial charge in [0.05, 0.1) is 0 Å². The van der Waals surface area contributed by atoms with Gasteiger partial charge in [0.1, 0.15) is 0 Å². The number of hydrogen-bond acceptors (Lipinski definition) is 2. The van der Waals surface area contributed by atoms with Gasteiger partial charge in [-0.05, 0) is 41.9 Å². The highest BCUT2D eigenvalue weighted by Gasteiger charge is 2.31. The second-order valence-electron chi connectivity index (χ2n) is 6.13. The number of nitrogens with one attached hydrogen (secondary N) is 1. The fraction of sp³-hybridized carbons (Fsp3) is 0.647. The molecule has 104 valence electrons. The van der Waals surface area contributed by atoms with Crippen LogP contribution in [0.5, 0.6) is 0 Å². The molecular formula is C17H26N2. The van der Waals surface area contributed by atoms with E-state index in [1.54, 1.807) is 11.1 Å². The molecule has 2 nitrogen and oxygen atoms in total. The van der Waals surface area contributed by atoms with Gasteiger partial charge in [0.15, 0.2) is 0 Å². The van der Waals surface area contributed by atoms with Crippen molar-refractivity contribution in [1.29, 1.82) is 0 Å². The van der Waals surface area contributed by atoms with Crippen LogP contribution in [0, 0.1) is 5.92 Å². The fourth-order valence-corrected chi connectivity index (χ4v) is 3.73. The van der Waals surface area contributed by atoms with Crippen molar-refractivity contribution in [3.05, 3.63) is 34.9 Å². The first-order valence-corrected chi connectivity index (χ1v) is 7.86. The summed E-state index contributed by atoms with van der Waals surface area (Å²) in [7, 11) is 0. The van der Waals surface area contributed by atoms with Crippen molar-refractivity contribution in [2.75, 3.05) is 26.2 Å². The van der Waals surface area contributed by atoms with Crippen molar-refractivity contribution in [2.45, 2.75) is 39.2 Å². The van der Waals surface area contributed by atoms with Crippen molar-refractivity contribution in [1.82, 2.24) is 10.2 Å². The summed E-state index contributed by atoms with van der Waals surface area (Å²) in [5.41, 5.74) is 4.71. The normalized spacial score (nSPS) is 28.1. The first-order valence-electron chi connectivity index (χ1n) is 7.86. The third-order valence-corrected chi connectivity index (χ3v) is 4.89. The Morgan fingerprint density at radius 3 is 2.79 bits per heavy atom. The Morgan fingerprint density at radius 2 is 2.05 bits per heavy atom. The zero-order valence-electron chi connectivity index (χ0n) is 12.3. The van der Waals surface area contributed by atoms with Gasteiger partial charge in [0.2, 0.25) is 0 Å². The summed E-state index contributed by atoms with van der Waals surface area (Å²) < 4.78 is 0. The van der Waals surface area contributed by atoms with Crippen molar-refractivity contribution >= 4 is 0 Å². The van der Waals surface area contributed by atoms with Crippen molar-refractivity contribution in [3.8, 4) is 0 Å². The SMILES string of the molecule is CCc1ccc2c(c1)C(N1CCNCC1)C(C)CC2. The molecule has 1 saturated heterocycles. The quantitative estimate of drug-likeness (QED) is 0.877. The lowest BCUT2D eigenvalue weighted by atomic mass is 9.79. The molecule has 0 spiro atoms. The minimum Gasteiger partial charge on any atom is -0.314 e. The fourth-order valence-electron chi connectivity index (χ4n) is 3.73. The number of rotatable bonds is 2. The van der Waals surface area contributed by atoms with E-state index in [9.17, 15) is 0 Å². The number of benzene rings is 1. The Hall–Kier alpha value is -0.860. The number of nitrogens with zero attached hydrogens (tertiary/aromatic N) is 1. The van der Waals surface area contributed by atoms with Gasteiger partial charge in [-0.25, -0.2) is 0 Å². The molecule has 2 aliphatic rings. The summed E-state index contributed by atoms with van der Waals surface area (Å²) in [5.74, 6) is 0.790. The number of hydrogen-bond donors (Lipinski definition) is 1. The Morgan fingerprint density at radius 1 is 1.26 bits per heavy atom. The molecule has 1 fully saturated rings. The zero-order chi connectivity index (χ0) is 13.2. The molecule has 1 aromatic rings. The highest BCUT2D eigenvalue weighted by Crippen LogP contribution is 2.39. The molecule has 1 heterocycles. The molecule has 0 aromatic heterocycles. The van der Waals surface area contributed by atoms with Crippen LogP contribution in [-0.4, -0.2) is 31.1 Å². The standard InChI is InChI=1S/C17H26N2/c1-3-14-5-7-15-6-4-13(2)17(16(15)12-14)19-10-8-18-9-11-19/h5,7,12-13,17-18H,3-4,6,8-11H2,1-2H3. The lowest BCUT2D eigenvalue weighted by molar-refractivity contribution is 0.119. The average Bonchev–Trinajstić information content (AvgIpc) is 2.47. The smallest absolute Gasteiger partial charge is 0.0377 e. The highest BCUT2D eigenvalue weighted by atomic mass is 15.2. The van der Waals surface area contributed by atoms with Crippen LogP contribution in [0.4, 0.5) is 0 Å². The van der Waals surface area contributed by atoms with E-state index in [1.165, 1.54) is 31.5 Å². The van der Waals surface area contributed by atoms with E-state index in [-0.39, 0.29) is 0 Å². The first kappa shape index (κ1) is 13.1. The molecular weight excluding hydrogens is 232 g/mol. The van der Waals surface area contributed by atoms with Gasteiger partial charge in [-0.3, -0.25) is 4.90 Å². The summed E-state index contributed by atoms with van der Waals surface area (Å²) in [4.78, 5) is 2.71. The van der Waals surface area contributed by atoms with Gasteiger partial charge in [-0.1, -0.05) is 32.0 Å². The van der Waals surface area contributed by atoms with E-state index in [0.717, 1.165) is 25.4 Å². The average molecular weight is 258 g/mol. The summed E-state index contributed by atoms with van der Waals surface area (Å²) in [5, 5.41) is 3.47. The minimum atomic E-state index is 0.650. The van der Waals surface area contributed by atoms with Crippen molar-refractivity contribution in [3.63, 3.8) is 0 Å². The summed E-state index contributed by atoms with van der Waals surface area (Å²) in [6.07, 6.45) is 3.76. The predicted molar refractivity (Wildman–Crippen MR) is 80.5 cm³/mol. The molecule has 19 heavy (non-hydrogen) atoms. The first-order chi connectivity index (χ1) is 9.29. The van der Waals surface area contributed by atoms with E-state index in [0.29, 0.717) is 6.04 Å². The monoisotopic (exact) mass is 258 g/mol. The Bertz CT molecular complexity index is 435. The second-order valence-corrected chi connectivity index (χ2v) is 6.13. The maximum atomic E-state index is 3.47. The number of fused-ring (bicyclic) bond motifs is 1. The Kier molecular flexibility index (Phi) is 3.90. The topological polar surface area (TPSA) is 15.3 Å². The zero-order valence-corrected chi connectivity index (χ0v) is 12.3. The maximum absolute atomic E-state index is 3.47. The molecule has 2 heteroatoms. The largest absolute Gasteiger partial charge is 0.314 e. The molecule has 1 aliphatic carbocycles. The van der Waals surface area contributed by atoms with E-state index >= 15 is 0 Å². The van der Waals surface area contributed by atoms with Gasteiger partial charge < -0.3 is 5.32 Å². The van der Waals surface area contributed by atoms with Gasteiger partial charge in [-0.2, -0.15) is 0 Å². The van der Waals surface area contributed by atoms with Crippen LogP contribution < -0.4 is 5.32 Å². The number of piperazine rings is 1. The molecule has 0 bridgehead atoms. The Balaban J connectivity index is 1.94. The second kappa shape index (κ2) is 5.64. The number of aryl methyl sites for hydroxylation is 2. The van der Waals surface area contributed by atoms with Crippen LogP contribution in [0.3, 0.4) is 0 Å². The molecule has 1 N–H and O–H groups in total. The Labute approximate surface area is 117 Å². The maximum Gasteiger partial charge on any atom is 0.0377 e. The molecule has 2 atom stereocenters. The molecule has 1 aromatic carbocycles. The lowest BCUT2D eigenvalue weighted by Gasteiger charge is -2.42. The molecule has 0 radical (unpaired) electrons. The van der Waals surface area contributed by atoms with Crippen LogP contribution in [-0.2, 0) is 12.8 Å². The van der Waals surface area contributed by atoms with Crippen molar-refractivity contribution in [2.24, 2.45) is 5.92 Å². The third-order valence-electron chi connectivity index (χ3n) is 4.89. The van der Waals surface area contributed by atoms with Gasteiger partial charge in [0.25, 0.3) is 0 Å². The highest BCUT2D eigenvalue weighted by molar-refractivity contribution is 5.37. The van der Waals surface area contributed by atoms with E-state index in [4.69, 9.17) is 0 Å². The van der Waals surface area contributed by atoms with Crippen LogP contribution in [0.25, 0.3) is 0 Å². The molecule has 0 saturated carbocycles. The summed E-state index contributed by atoms with van der Waals surface area (Å²) in [6.45, 7) is 9.38. The summed E-state index contributed by atoms with van der Waals surface area (Å²) >= 11 is 0. The predicted octanol–water partition coefficient (Wildman–Crippen LogP) is 2.78. The summed E-state index contributed by atoms with van der Waals surface area (Å²) in [6, 6.07) is 7.84.